The fourth-order valence-corrected chi connectivity index (χ4v) is 9.32. The van der Waals surface area contributed by atoms with E-state index < -0.39 is 34.6 Å². The van der Waals surface area contributed by atoms with Crippen molar-refractivity contribution in [3.05, 3.63) is 24.3 Å². The number of alkyl halides is 1. The van der Waals surface area contributed by atoms with Crippen LogP contribution in [0.5, 0.6) is 5.75 Å². The SMILES string of the molecule is CCOC(=O)[C@H]1[C@@H]2SC3(CC2Br)C(C(=O)Nc2ccc(OC)cc2)N([C@@H](CO)C(C)C)C(=O)[C@H]13. The molecule has 3 fully saturated rings. The van der Waals surface area contributed by atoms with Crippen molar-refractivity contribution >= 4 is 51.2 Å². The highest BCUT2D eigenvalue weighted by Crippen LogP contribution is 2.68. The molecule has 3 heterocycles. The van der Waals surface area contributed by atoms with Crippen LogP contribution in [-0.2, 0) is 19.1 Å². The summed E-state index contributed by atoms with van der Waals surface area (Å²) >= 11 is 5.26. The second-order valence-electron chi connectivity index (χ2n) is 9.37. The summed E-state index contributed by atoms with van der Waals surface area (Å²) in [5.41, 5.74) is 0.582. The number of anilines is 1. The first kappa shape index (κ1) is 25.3. The standard InChI is InChI=1S/C24H31BrN2O6S/c1-5-33-23(31)17-18-22(30)27(16(11-28)12(2)3)20(24(18)10-15(25)19(17)34-24)21(29)26-13-6-8-14(32-4)9-7-13/h6-9,12,15-20,28H,5,10-11H2,1-4H3,(H,26,29)/t15?,16-,17+,18-,19+,20?,24?/m0/s1. The van der Waals surface area contributed by atoms with E-state index >= 15 is 0 Å². The van der Waals surface area contributed by atoms with Crippen LogP contribution in [0.15, 0.2) is 24.3 Å². The lowest BCUT2D eigenvalue weighted by molar-refractivity contribution is -0.154. The van der Waals surface area contributed by atoms with E-state index in [-0.39, 0.29) is 41.0 Å². The van der Waals surface area contributed by atoms with Gasteiger partial charge in [0.2, 0.25) is 11.8 Å². The Morgan fingerprint density at radius 3 is 2.56 bits per heavy atom. The lowest BCUT2D eigenvalue weighted by atomic mass is 9.71. The third-order valence-corrected chi connectivity index (χ3v) is 10.4. The molecule has 34 heavy (non-hydrogen) atoms. The van der Waals surface area contributed by atoms with Crippen LogP contribution in [0.25, 0.3) is 0 Å². The highest BCUT2D eigenvalue weighted by atomic mass is 79.9. The number of amides is 2. The van der Waals surface area contributed by atoms with Gasteiger partial charge < -0.3 is 24.8 Å². The van der Waals surface area contributed by atoms with Gasteiger partial charge >= 0.3 is 5.97 Å². The summed E-state index contributed by atoms with van der Waals surface area (Å²) in [6.45, 7) is 5.53. The summed E-state index contributed by atoms with van der Waals surface area (Å²) in [6.07, 6.45) is 0.572. The van der Waals surface area contributed by atoms with Crippen LogP contribution in [0, 0.1) is 17.8 Å². The molecule has 3 unspecified atom stereocenters. The molecular weight excluding hydrogens is 524 g/mol. The Hall–Kier alpha value is -1.78. The number of carbonyl (C=O) groups excluding carboxylic acids is 3. The Bertz CT molecular complexity index is 959. The van der Waals surface area contributed by atoms with Crippen LogP contribution in [0.2, 0.25) is 0 Å². The van der Waals surface area contributed by atoms with Crippen molar-refractivity contribution in [3.8, 4) is 5.75 Å². The largest absolute Gasteiger partial charge is 0.497 e. The number of nitrogens with one attached hydrogen (secondary N) is 1. The number of aliphatic hydroxyl groups is 1. The first-order chi connectivity index (χ1) is 16.2. The second-order valence-corrected chi connectivity index (χ2v) is 12.1. The molecule has 0 radical (unpaired) electrons. The smallest absolute Gasteiger partial charge is 0.310 e. The Balaban J connectivity index is 1.75. The van der Waals surface area contributed by atoms with Crippen LogP contribution < -0.4 is 10.1 Å². The first-order valence-corrected chi connectivity index (χ1v) is 13.4. The third kappa shape index (κ3) is 3.91. The predicted molar refractivity (Wildman–Crippen MR) is 133 cm³/mol. The molecule has 1 aromatic rings. The molecule has 0 saturated carbocycles. The number of ether oxygens (including phenoxy) is 2. The van der Waals surface area contributed by atoms with Gasteiger partial charge in [0.15, 0.2) is 0 Å². The fraction of sp³-hybridized carbons (Fsp3) is 0.625. The van der Waals surface area contributed by atoms with Gasteiger partial charge in [0.1, 0.15) is 11.8 Å². The van der Waals surface area contributed by atoms with E-state index in [0.717, 1.165) is 0 Å². The Kier molecular flexibility index (Phi) is 7.22. The molecule has 3 saturated heterocycles. The minimum absolute atomic E-state index is 0.0289. The van der Waals surface area contributed by atoms with E-state index in [1.807, 2.05) is 13.8 Å². The molecule has 7 atom stereocenters. The molecule has 1 spiro atoms. The number of likely N-dealkylation sites (tertiary alicyclic amines) is 1. The number of halogens is 1. The zero-order chi connectivity index (χ0) is 24.8. The van der Waals surface area contributed by atoms with Crippen molar-refractivity contribution in [1.29, 1.82) is 0 Å². The molecule has 10 heteroatoms. The van der Waals surface area contributed by atoms with Gasteiger partial charge in [-0.2, -0.15) is 0 Å². The van der Waals surface area contributed by atoms with Crippen LogP contribution in [0.3, 0.4) is 0 Å². The van der Waals surface area contributed by atoms with E-state index in [1.54, 1.807) is 55.0 Å². The number of methoxy groups -OCH3 is 1. The van der Waals surface area contributed by atoms with Gasteiger partial charge in [0.05, 0.1) is 42.9 Å². The molecule has 2 N–H and O–H groups in total. The van der Waals surface area contributed by atoms with E-state index in [2.05, 4.69) is 21.2 Å². The normalized spacial score (nSPS) is 32.6. The van der Waals surface area contributed by atoms with Crippen molar-refractivity contribution in [3.63, 3.8) is 0 Å². The van der Waals surface area contributed by atoms with Gasteiger partial charge in [0, 0.05) is 15.8 Å². The van der Waals surface area contributed by atoms with E-state index in [4.69, 9.17) is 9.47 Å². The minimum Gasteiger partial charge on any atom is -0.497 e. The third-order valence-electron chi connectivity index (χ3n) is 7.21. The van der Waals surface area contributed by atoms with Gasteiger partial charge in [-0.05, 0) is 43.5 Å². The summed E-state index contributed by atoms with van der Waals surface area (Å²) in [7, 11) is 1.57. The van der Waals surface area contributed by atoms with Gasteiger partial charge in [-0.1, -0.05) is 29.8 Å². The van der Waals surface area contributed by atoms with Crippen LogP contribution in [0.1, 0.15) is 27.2 Å². The van der Waals surface area contributed by atoms with Crippen molar-refractivity contribution in [2.45, 2.75) is 54.1 Å². The van der Waals surface area contributed by atoms with Gasteiger partial charge in [0.25, 0.3) is 0 Å². The number of nitrogens with zero attached hydrogens (tertiary/aromatic N) is 1. The molecule has 2 amide bonds. The Labute approximate surface area is 212 Å². The highest BCUT2D eigenvalue weighted by molar-refractivity contribution is 9.09. The Morgan fingerprint density at radius 1 is 1.32 bits per heavy atom. The number of carbonyl (C=O) groups is 3. The van der Waals surface area contributed by atoms with Gasteiger partial charge in [-0.15, -0.1) is 11.8 Å². The lowest BCUT2D eigenvalue weighted by Crippen LogP contribution is -2.56. The maximum atomic E-state index is 13.9. The molecule has 4 rings (SSSR count). The molecule has 2 bridgehead atoms. The maximum absolute atomic E-state index is 13.9. The zero-order valence-electron chi connectivity index (χ0n) is 19.7. The number of benzene rings is 1. The van der Waals surface area contributed by atoms with Crippen molar-refractivity contribution in [2.75, 3.05) is 25.6 Å². The van der Waals surface area contributed by atoms with Crippen molar-refractivity contribution in [1.82, 2.24) is 4.90 Å². The average molecular weight is 555 g/mol. The highest BCUT2D eigenvalue weighted by Gasteiger charge is 2.76. The minimum atomic E-state index is -0.832. The molecule has 1 aromatic carbocycles. The average Bonchev–Trinajstić information content (AvgIpc) is 3.38. The first-order valence-electron chi connectivity index (χ1n) is 11.6. The molecule has 8 nitrogen and oxygen atoms in total. The summed E-state index contributed by atoms with van der Waals surface area (Å²) < 4.78 is 9.76. The number of aliphatic hydroxyl groups excluding tert-OH is 1. The summed E-state index contributed by atoms with van der Waals surface area (Å²) in [4.78, 5) is 42.3. The van der Waals surface area contributed by atoms with Gasteiger partial charge in [-0.3, -0.25) is 14.4 Å². The van der Waals surface area contributed by atoms with E-state index in [1.165, 1.54) is 0 Å². The summed E-state index contributed by atoms with van der Waals surface area (Å²) in [5.74, 6) is -1.70. The summed E-state index contributed by atoms with van der Waals surface area (Å²) in [5, 5.41) is 13.0. The second kappa shape index (κ2) is 9.70. The number of rotatable bonds is 8. The topological polar surface area (TPSA) is 105 Å². The van der Waals surface area contributed by atoms with Crippen LogP contribution in [0.4, 0.5) is 5.69 Å². The number of fused-ring (bicyclic) bond motifs is 1. The monoisotopic (exact) mass is 554 g/mol. The fourth-order valence-electron chi connectivity index (χ4n) is 5.74. The molecule has 0 aliphatic carbocycles. The predicted octanol–water partition coefficient (Wildman–Crippen LogP) is 2.68. The van der Waals surface area contributed by atoms with Crippen LogP contribution >= 0.6 is 27.7 Å². The Morgan fingerprint density at radius 2 is 2.00 bits per heavy atom. The number of hydrogen-bond acceptors (Lipinski definition) is 7. The van der Waals surface area contributed by atoms with E-state index in [9.17, 15) is 19.5 Å². The number of thioether (sulfide) groups is 1. The quantitative estimate of drug-likeness (QED) is 0.376. The van der Waals surface area contributed by atoms with Crippen molar-refractivity contribution in [2.24, 2.45) is 17.8 Å². The molecule has 0 aromatic heterocycles. The molecular formula is C24H31BrN2O6S. The zero-order valence-corrected chi connectivity index (χ0v) is 22.1. The molecule has 3 aliphatic heterocycles. The van der Waals surface area contributed by atoms with Gasteiger partial charge in [-0.25, -0.2) is 0 Å². The number of esters is 1. The summed E-state index contributed by atoms with van der Waals surface area (Å²) in [6, 6.07) is 5.61. The van der Waals surface area contributed by atoms with Crippen LogP contribution in [-0.4, -0.2) is 75.0 Å². The lowest BCUT2D eigenvalue weighted by Gasteiger charge is -2.38. The maximum Gasteiger partial charge on any atom is 0.310 e. The van der Waals surface area contributed by atoms with Crippen molar-refractivity contribution < 1.29 is 29.0 Å². The number of hydrogen-bond donors (Lipinski definition) is 2. The molecule has 3 aliphatic rings. The molecule has 186 valence electrons. The van der Waals surface area contributed by atoms with E-state index in [0.29, 0.717) is 17.9 Å².